The Morgan fingerprint density at radius 1 is 0.750 bits per heavy atom. The second kappa shape index (κ2) is 28.2. The summed E-state index contributed by atoms with van der Waals surface area (Å²) >= 11 is 0. The Labute approximate surface area is 444 Å². The lowest BCUT2D eigenvalue weighted by Crippen LogP contribution is -2.50. The number of nitrogens with one attached hydrogen (secondary N) is 3. The van der Waals surface area contributed by atoms with Gasteiger partial charge < -0.3 is 44.4 Å². The molecule has 1 unspecified atom stereocenters. The molecular weight excluding hydrogens is 997 g/mol. The number of rotatable bonds is 28. The molecule has 2 aromatic carbocycles. The van der Waals surface area contributed by atoms with Crippen molar-refractivity contribution in [3.63, 3.8) is 0 Å². The molecule has 3 heterocycles. The first-order valence-corrected chi connectivity index (χ1v) is 28.0. The first-order chi connectivity index (χ1) is 36.5. The summed E-state index contributed by atoms with van der Waals surface area (Å²) in [6, 6.07) is 18.5. The normalized spacial score (nSPS) is 14.1. The predicted octanol–water partition coefficient (Wildman–Crippen LogP) is 3.47. The van der Waals surface area contributed by atoms with Crippen molar-refractivity contribution in [3.8, 4) is 22.5 Å². The number of benzene rings is 3. The van der Waals surface area contributed by atoms with E-state index in [0.29, 0.717) is 68.8 Å². The van der Waals surface area contributed by atoms with Gasteiger partial charge in [-0.15, -0.1) is 0 Å². The largest absolute Gasteiger partial charge is 0.748 e. The number of piperazine rings is 1. The van der Waals surface area contributed by atoms with Crippen LogP contribution in [0.25, 0.3) is 33.4 Å². The van der Waals surface area contributed by atoms with Crippen LogP contribution < -0.4 is 30.8 Å². The van der Waals surface area contributed by atoms with Gasteiger partial charge in [0.05, 0.1) is 41.7 Å². The van der Waals surface area contributed by atoms with E-state index in [1.165, 1.54) is 12.2 Å². The van der Waals surface area contributed by atoms with E-state index in [2.05, 4.69) is 89.5 Å². The first kappa shape index (κ1) is 58.3. The third-order valence-corrected chi connectivity index (χ3v) is 14.4. The Morgan fingerprint density at radius 3 is 2.12 bits per heavy atom. The first-order valence-electron chi connectivity index (χ1n) is 26.4. The lowest BCUT2D eigenvalue weighted by atomic mass is 9.90. The number of imide groups is 1. The number of hydrogen-bond donors (Lipinski definition) is 3. The Balaban J connectivity index is 0.941. The number of ether oxygens (including phenoxy) is 1. The van der Waals surface area contributed by atoms with Gasteiger partial charge in [0.1, 0.15) is 30.5 Å². The summed E-state index contributed by atoms with van der Waals surface area (Å²) in [4.78, 5) is 95.6. The molecule has 21 heteroatoms. The summed E-state index contributed by atoms with van der Waals surface area (Å²) in [5.74, 6) is -3.16. The van der Waals surface area contributed by atoms with Gasteiger partial charge in [-0.3, -0.25) is 38.5 Å². The molecule has 76 heavy (non-hydrogen) atoms. The zero-order valence-electron chi connectivity index (χ0n) is 44.1. The molecule has 2 aromatic rings. The fourth-order valence-electron chi connectivity index (χ4n) is 9.50. The molecule has 1 saturated heterocycles. The highest BCUT2D eigenvalue weighted by Crippen LogP contribution is 2.42. The van der Waals surface area contributed by atoms with Gasteiger partial charge in [0.15, 0.2) is 0 Å². The molecule has 1 aliphatic carbocycles. The maximum Gasteiger partial charge on any atom is 0.254 e. The van der Waals surface area contributed by atoms with Gasteiger partial charge in [0, 0.05) is 124 Å². The number of carbonyl (C=O) groups excluding carboxylic acids is 7. The molecule has 410 valence electrons. The maximum absolute atomic E-state index is 14.5. The summed E-state index contributed by atoms with van der Waals surface area (Å²) in [7, 11) is -4.89. The summed E-state index contributed by atoms with van der Waals surface area (Å²) in [6.07, 6.45) is 4.71. The molecule has 20 nitrogen and oxygen atoms in total. The van der Waals surface area contributed by atoms with E-state index in [1.807, 2.05) is 24.3 Å². The molecule has 0 saturated carbocycles. The van der Waals surface area contributed by atoms with Crippen LogP contribution in [0.3, 0.4) is 0 Å². The second-order valence-electron chi connectivity index (χ2n) is 18.7. The standard InChI is InChI=1S/C55H72N8O12S/c1-5-59(6-2)39-21-23-43-46(36-39)75-47-37-40(60(7-3)8-4)22-24-44(47)53(43)41-16-11-12-17-42(41)55(70)62-31-29-61(30-32-62)50(66)20-14-13-19-49(65)58-45(38-76(71,72)73)54(69)57-27-15-9-10-18-48(64)56-28-34-74-35-33-63-51(67)25-26-52(63)68/h11-12,16-17,21-26,36-37,45H,5-10,13-15,18-20,27-35,38H2,1-4H3,(H3-,56,57,58,64,65,69,71,72,73). The summed E-state index contributed by atoms with van der Waals surface area (Å²) in [6.45, 7) is 13.9. The average Bonchev–Trinajstić information content (AvgIpc) is 3.73. The molecule has 0 radical (unpaired) electrons. The zero-order chi connectivity index (χ0) is 54.8. The van der Waals surface area contributed by atoms with Gasteiger partial charge >= 0.3 is 0 Å². The van der Waals surface area contributed by atoms with Crippen LogP contribution in [0.2, 0.25) is 0 Å². The zero-order valence-corrected chi connectivity index (χ0v) is 44.9. The maximum atomic E-state index is 14.5. The molecule has 0 spiro atoms. The van der Waals surface area contributed by atoms with E-state index in [-0.39, 0.29) is 76.3 Å². The minimum absolute atomic E-state index is 0.113. The molecule has 0 bridgehead atoms. The van der Waals surface area contributed by atoms with Crippen molar-refractivity contribution < 1.29 is 55.7 Å². The molecule has 1 atom stereocenters. The van der Waals surface area contributed by atoms with Gasteiger partial charge in [-0.05, 0) is 83.2 Å². The fourth-order valence-corrected chi connectivity index (χ4v) is 10.1. The van der Waals surface area contributed by atoms with Crippen LogP contribution in [-0.4, -0.2) is 166 Å². The smallest absolute Gasteiger partial charge is 0.254 e. The van der Waals surface area contributed by atoms with Gasteiger partial charge in [-0.25, -0.2) is 13.0 Å². The third-order valence-electron chi connectivity index (χ3n) is 13.7. The molecule has 3 N–H and O–H groups in total. The Hall–Kier alpha value is -6.97. The molecule has 1 fully saturated rings. The average molecular weight is 1070 g/mol. The topological polar surface area (TPSA) is 251 Å². The van der Waals surface area contributed by atoms with Crippen molar-refractivity contribution in [1.29, 1.82) is 0 Å². The van der Waals surface area contributed by atoms with Crippen molar-refractivity contribution in [2.24, 2.45) is 0 Å². The lowest BCUT2D eigenvalue weighted by molar-refractivity contribution is -0.137. The summed E-state index contributed by atoms with van der Waals surface area (Å²) in [5.41, 5.74) is 4.88. The number of amides is 7. The fraction of sp³-hybridized carbons (Fsp3) is 0.491. The van der Waals surface area contributed by atoms with E-state index >= 15 is 0 Å². The SMILES string of the molecule is CCN(CC)c1ccc2c(-c3ccccc3C(=O)N3CCN(C(=O)CCCCC(=O)NC(CS(=O)(=O)[O-])C(=O)NCCCCCC(=O)NCCOCCN4C(=O)C=CC4=O)CC3)c3ccc(=[N+](CC)CC)cc-3oc2c1. The van der Waals surface area contributed by atoms with Gasteiger partial charge in [-0.2, -0.15) is 0 Å². The van der Waals surface area contributed by atoms with E-state index < -0.39 is 45.5 Å². The van der Waals surface area contributed by atoms with Crippen LogP contribution in [0.4, 0.5) is 5.69 Å². The minimum atomic E-state index is -4.89. The molecule has 7 amide bonds. The Morgan fingerprint density at radius 2 is 1.42 bits per heavy atom. The quantitative estimate of drug-likeness (QED) is 0.0243. The number of fused-ring (bicyclic) bond motifs is 2. The molecule has 4 aliphatic rings. The van der Waals surface area contributed by atoms with Crippen LogP contribution in [0, 0.1) is 0 Å². The molecular formula is C55H72N8O12S. The number of carbonyl (C=O) groups is 7. The Bertz CT molecular complexity index is 2880. The van der Waals surface area contributed by atoms with Crippen molar-refractivity contribution in [2.75, 3.05) is 95.9 Å². The highest BCUT2D eigenvalue weighted by molar-refractivity contribution is 7.85. The van der Waals surface area contributed by atoms with Crippen molar-refractivity contribution in [3.05, 3.63) is 83.7 Å². The highest BCUT2D eigenvalue weighted by atomic mass is 32.2. The van der Waals surface area contributed by atoms with E-state index in [1.54, 1.807) is 9.80 Å². The van der Waals surface area contributed by atoms with Crippen molar-refractivity contribution >= 4 is 68.1 Å². The third kappa shape index (κ3) is 16.0. The number of unbranched alkanes of at least 4 members (excludes halogenated alkanes) is 3. The molecule has 0 aromatic heterocycles. The van der Waals surface area contributed by atoms with Crippen LogP contribution in [0.15, 0.2) is 77.2 Å². The van der Waals surface area contributed by atoms with Gasteiger partial charge in [-0.1, -0.05) is 24.6 Å². The van der Waals surface area contributed by atoms with Gasteiger partial charge in [0.2, 0.25) is 29.0 Å². The number of anilines is 1. The summed E-state index contributed by atoms with van der Waals surface area (Å²) in [5, 5.41) is 9.55. The highest BCUT2D eigenvalue weighted by Gasteiger charge is 2.29. The van der Waals surface area contributed by atoms with Gasteiger partial charge in [0.25, 0.3) is 17.7 Å². The van der Waals surface area contributed by atoms with E-state index in [0.717, 1.165) is 64.2 Å². The van der Waals surface area contributed by atoms with Crippen LogP contribution in [-0.2, 0) is 43.6 Å². The van der Waals surface area contributed by atoms with E-state index in [9.17, 15) is 46.5 Å². The minimum Gasteiger partial charge on any atom is -0.748 e. The molecule has 3 aliphatic heterocycles. The van der Waals surface area contributed by atoms with Crippen molar-refractivity contribution in [2.45, 2.75) is 85.1 Å². The summed E-state index contributed by atoms with van der Waals surface area (Å²) < 4.78 is 49.2. The second-order valence-corrected chi connectivity index (χ2v) is 20.1. The number of hydrogen-bond acceptors (Lipinski definition) is 13. The van der Waals surface area contributed by atoms with Crippen LogP contribution >= 0.6 is 0 Å². The Kier molecular flexibility index (Phi) is 21.7. The lowest BCUT2D eigenvalue weighted by Gasteiger charge is -2.35. The predicted molar refractivity (Wildman–Crippen MR) is 287 cm³/mol. The monoisotopic (exact) mass is 1070 g/mol. The molecule has 6 rings (SSSR count). The van der Waals surface area contributed by atoms with Crippen LogP contribution in [0.1, 0.15) is 89.4 Å². The van der Waals surface area contributed by atoms with E-state index in [4.69, 9.17) is 9.15 Å². The van der Waals surface area contributed by atoms with Crippen LogP contribution in [0.5, 0.6) is 0 Å². The van der Waals surface area contributed by atoms with Crippen molar-refractivity contribution in [1.82, 2.24) is 35.2 Å². The number of nitrogens with zero attached hydrogens (tertiary/aromatic N) is 5.